The molecular formula is C136H80O3. The average Bonchev–Trinajstić information content (AvgIpc) is 1.36. The molecule has 3 heterocycles. The molecule has 0 N–H and O–H groups in total. The lowest BCUT2D eigenvalue weighted by molar-refractivity contribution is 0.669. The second-order valence-corrected chi connectivity index (χ2v) is 37.3. The molecule has 0 radical (unpaired) electrons. The molecule has 0 bridgehead atoms. The molecule has 0 amide bonds. The van der Waals surface area contributed by atoms with Gasteiger partial charge in [-0.05, 0) is 336 Å². The Morgan fingerprint density at radius 1 is 0.0935 bits per heavy atom. The Kier molecular flexibility index (Phi) is 17.5. The molecule has 0 fully saturated rings. The van der Waals surface area contributed by atoms with Crippen molar-refractivity contribution in [2.75, 3.05) is 0 Å². The van der Waals surface area contributed by atoms with Gasteiger partial charge in [0.15, 0.2) is 0 Å². The molecule has 0 spiro atoms. The molecule has 642 valence electrons. The third kappa shape index (κ3) is 12.5. The zero-order valence-corrected chi connectivity index (χ0v) is 75.4. The van der Waals surface area contributed by atoms with Crippen molar-refractivity contribution in [2.45, 2.75) is 0 Å². The highest BCUT2D eigenvalue weighted by molar-refractivity contribution is 6.31. The van der Waals surface area contributed by atoms with Crippen molar-refractivity contribution in [3.05, 3.63) is 485 Å². The second-order valence-electron chi connectivity index (χ2n) is 37.3. The molecule has 0 unspecified atom stereocenters. The molecule has 3 nitrogen and oxygen atoms in total. The lowest BCUT2D eigenvalue weighted by atomic mass is 9.83. The highest BCUT2D eigenvalue weighted by Crippen LogP contribution is 2.53. The number of hydrogen-bond donors (Lipinski definition) is 0. The minimum absolute atomic E-state index is 0.912. The van der Waals surface area contributed by atoms with Gasteiger partial charge in [0.05, 0.1) is 0 Å². The minimum atomic E-state index is 0.912. The molecule has 31 rings (SSSR count). The van der Waals surface area contributed by atoms with E-state index >= 15 is 0 Å². The van der Waals surface area contributed by atoms with Crippen LogP contribution in [-0.2, 0) is 0 Å². The molecule has 139 heavy (non-hydrogen) atoms. The van der Waals surface area contributed by atoms with Crippen molar-refractivity contribution >= 4 is 238 Å². The number of furan rings is 3. The Balaban J connectivity index is 0.000000100. The van der Waals surface area contributed by atoms with Gasteiger partial charge in [-0.3, -0.25) is 0 Å². The Labute approximate surface area is 797 Å². The second kappa shape index (κ2) is 31.2. The molecule has 0 aliphatic heterocycles. The van der Waals surface area contributed by atoms with Crippen LogP contribution in [0.1, 0.15) is 0 Å². The van der Waals surface area contributed by atoms with Crippen LogP contribution in [0.3, 0.4) is 0 Å². The van der Waals surface area contributed by atoms with Crippen molar-refractivity contribution in [1.82, 2.24) is 0 Å². The van der Waals surface area contributed by atoms with E-state index in [1.807, 2.05) is 0 Å². The van der Waals surface area contributed by atoms with Crippen LogP contribution in [0.2, 0.25) is 0 Å². The molecule has 3 heteroatoms. The Morgan fingerprint density at radius 3 is 0.719 bits per heavy atom. The molecule has 0 saturated heterocycles. The van der Waals surface area contributed by atoms with E-state index in [0.717, 1.165) is 65.8 Å². The van der Waals surface area contributed by atoms with E-state index in [-0.39, 0.29) is 0 Å². The summed E-state index contributed by atoms with van der Waals surface area (Å²) in [5, 5.41) is 47.0. The minimum Gasteiger partial charge on any atom is -0.456 e. The number of benzene rings is 28. The van der Waals surface area contributed by atoms with Gasteiger partial charge in [-0.1, -0.05) is 388 Å². The van der Waals surface area contributed by atoms with Gasteiger partial charge in [0.25, 0.3) is 0 Å². The SMILES string of the molecule is c1ccc2cc3c(cc(-c4c5ccccc5c(-c5ccc6oc7cc8ccccc8cc7c6c5)c5ccccc45)c4ccccc43)cc2c1.c1ccc2cc3c(cc2c1)oc1ccc(-c2c4ccccc4c(-c4ccc5c(ccc6ccccc65)c4)c4ccccc24)cc13.c1ccc2cc3c(cc2c1)oc1ccc(-c2c4ccccc4c(-c4cccc5c4ccc4ccccc45)c4ccccc24)cc13. The van der Waals surface area contributed by atoms with Crippen LogP contribution in [0, 0.1) is 0 Å². The summed E-state index contributed by atoms with van der Waals surface area (Å²) in [6, 6.07) is 177. The lowest BCUT2D eigenvalue weighted by Crippen LogP contribution is -1.92. The third-order valence-corrected chi connectivity index (χ3v) is 29.8. The van der Waals surface area contributed by atoms with Crippen LogP contribution < -0.4 is 0 Å². The van der Waals surface area contributed by atoms with Gasteiger partial charge in [-0.2, -0.15) is 0 Å². The summed E-state index contributed by atoms with van der Waals surface area (Å²) < 4.78 is 19.1. The first-order chi connectivity index (χ1) is 68.9. The van der Waals surface area contributed by atoms with Gasteiger partial charge in [0, 0.05) is 32.3 Å². The number of fused-ring (bicyclic) bond motifs is 28. The van der Waals surface area contributed by atoms with Crippen molar-refractivity contribution in [2.24, 2.45) is 0 Å². The first-order valence-corrected chi connectivity index (χ1v) is 47.9. The summed E-state index contributed by atoms with van der Waals surface area (Å²) in [4.78, 5) is 0. The van der Waals surface area contributed by atoms with Gasteiger partial charge in [-0.25, -0.2) is 0 Å². The molecular weight excluding hydrogens is 1680 g/mol. The van der Waals surface area contributed by atoms with Crippen molar-refractivity contribution in [3.63, 3.8) is 0 Å². The van der Waals surface area contributed by atoms with E-state index < -0.39 is 0 Å². The van der Waals surface area contributed by atoms with Gasteiger partial charge in [0.1, 0.15) is 33.5 Å². The largest absolute Gasteiger partial charge is 0.456 e. The lowest BCUT2D eigenvalue weighted by Gasteiger charge is -2.20. The summed E-state index contributed by atoms with van der Waals surface area (Å²) in [7, 11) is 0. The van der Waals surface area contributed by atoms with Crippen LogP contribution >= 0.6 is 0 Å². The zero-order valence-electron chi connectivity index (χ0n) is 75.4. The number of rotatable bonds is 6. The average molecular weight is 1760 g/mol. The van der Waals surface area contributed by atoms with Crippen LogP contribution in [0.25, 0.3) is 305 Å². The van der Waals surface area contributed by atoms with E-state index in [1.54, 1.807) is 0 Å². The Morgan fingerprint density at radius 2 is 0.331 bits per heavy atom. The first-order valence-electron chi connectivity index (χ1n) is 47.9. The van der Waals surface area contributed by atoms with Gasteiger partial charge < -0.3 is 13.3 Å². The first kappa shape index (κ1) is 78.2. The van der Waals surface area contributed by atoms with E-state index in [0.29, 0.717) is 0 Å². The number of hydrogen-bond acceptors (Lipinski definition) is 3. The summed E-state index contributed by atoms with van der Waals surface area (Å²) >= 11 is 0. The summed E-state index contributed by atoms with van der Waals surface area (Å²) in [5.41, 5.74) is 20.5. The fraction of sp³-hybridized carbons (Fsp3) is 0. The molecule has 28 aromatic carbocycles. The topological polar surface area (TPSA) is 39.4 Å². The van der Waals surface area contributed by atoms with E-state index in [4.69, 9.17) is 13.3 Å². The zero-order chi connectivity index (χ0) is 91.0. The van der Waals surface area contributed by atoms with E-state index in [1.165, 1.54) is 239 Å². The Hall–Kier alpha value is -18.3. The monoisotopic (exact) mass is 1760 g/mol. The molecule has 31 aromatic rings. The molecule has 0 saturated carbocycles. The van der Waals surface area contributed by atoms with Crippen LogP contribution in [-0.4, -0.2) is 0 Å². The van der Waals surface area contributed by atoms with Crippen LogP contribution in [0.15, 0.2) is 499 Å². The van der Waals surface area contributed by atoms with Crippen molar-refractivity contribution in [1.29, 1.82) is 0 Å². The quantitative estimate of drug-likeness (QED) is 0.123. The third-order valence-electron chi connectivity index (χ3n) is 29.8. The summed E-state index contributed by atoms with van der Waals surface area (Å²) in [5.74, 6) is 0. The predicted octanol–water partition coefficient (Wildman–Crippen LogP) is 39.2. The highest BCUT2D eigenvalue weighted by atomic mass is 16.3. The normalized spacial score (nSPS) is 12.0. The maximum Gasteiger partial charge on any atom is 0.136 e. The predicted molar refractivity (Wildman–Crippen MR) is 594 cm³/mol. The fourth-order valence-corrected chi connectivity index (χ4v) is 23.5. The summed E-state index contributed by atoms with van der Waals surface area (Å²) in [6.45, 7) is 0. The van der Waals surface area contributed by atoms with Crippen LogP contribution in [0.5, 0.6) is 0 Å². The smallest absolute Gasteiger partial charge is 0.136 e. The van der Waals surface area contributed by atoms with Gasteiger partial charge in [0.2, 0.25) is 0 Å². The molecule has 0 atom stereocenters. The standard InChI is InChI=1S/C48H28O.2C44H26O/c1-2-12-30-24-41-34(23-29(30)11-1)27-44(36-16-6-5-15-35(36)41)48-39-19-9-7-17-37(39)47(38-18-8-10-20-40(38)48)33-21-22-45-42(26-33)43-25-31-13-3-4-14-32(31)28-46(43)49-45;1-2-12-29-26-42-40(24-28(29)11-1)39-25-30(21-23-41(39)45-42)43-35-14-5-7-16-37(35)44(38-17-8-6-15-36(38)43)34-19-9-18-32-31-13-4-3-10-27(31)20-22-33(32)34;1-2-11-29-26-42-40(24-28(29)10-1)39-25-32(20-22-41(39)45-42)44-37-15-7-5-13-35(37)43(36-14-6-8-16-38(36)44)31-19-21-34-30(23-31)18-17-27-9-3-4-12-33(27)34/h1-28H;2*1-26H. The van der Waals surface area contributed by atoms with E-state index in [9.17, 15) is 0 Å². The van der Waals surface area contributed by atoms with Crippen molar-refractivity contribution < 1.29 is 13.3 Å². The van der Waals surface area contributed by atoms with Gasteiger partial charge >= 0.3 is 0 Å². The molecule has 3 aromatic heterocycles. The Bertz CT molecular complexity index is 10500. The van der Waals surface area contributed by atoms with Crippen LogP contribution in [0.4, 0.5) is 0 Å². The van der Waals surface area contributed by atoms with Crippen molar-refractivity contribution in [3.8, 4) is 66.8 Å². The maximum absolute atomic E-state index is 6.41. The fourth-order valence-electron chi connectivity index (χ4n) is 23.5. The highest BCUT2D eigenvalue weighted by Gasteiger charge is 2.26. The molecule has 0 aliphatic rings. The summed E-state index contributed by atoms with van der Waals surface area (Å²) in [6.07, 6.45) is 0. The molecule has 0 aliphatic carbocycles. The van der Waals surface area contributed by atoms with E-state index in [2.05, 4.69) is 485 Å². The van der Waals surface area contributed by atoms with Gasteiger partial charge in [-0.15, -0.1) is 0 Å². The maximum atomic E-state index is 6.41.